The second-order valence-electron chi connectivity index (χ2n) is 8.81. The Hall–Kier alpha value is -0.910. The Bertz CT molecular complexity index is 651. The molecule has 3 aliphatic rings. The molecule has 0 bridgehead atoms. The van der Waals surface area contributed by atoms with Gasteiger partial charge in [-0.3, -0.25) is 14.8 Å². The first-order chi connectivity index (χ1) is 14.8. The SMILES string of the molecule is CCNC(=NCC1(N2CCOCC2)CCCCC1)N1CCN(Cc2ccon2)CC1.I. The molecule has 0 aromatic carbocycles. The number of ether oxygens (including phenoxy) is 1. The number of hydrogen-bond acceptors (Lipinski definition) is 6. The van der Waals surface area contributed by atoms with Gasteiger partial charge < -0.3 is 19.5 Å². The molecule has 8 nitrogen and oxygen atoms in total. The molecule has 3 heterocycles. The van der Waals surface area contributed by atoms with Crippen LogP contribution in [0.15, 0.2) is 21.8 Å². The van der Waals surface area contributed by atoms with Crippen molar-refractivity contribution < 1.29 is 9.26 Å². The smallest absolute Gasteiger partial charge is 0.194 e. The zero-order valence-corrected chi connectivity index (χ0v) is 21.3. The molecule has 0 spiro atoms. The van der Waals surface area contributed by atoms with Crippen LogP contribution in [0.3, 0.4) is 0 Å². The van der Waals surface area contributed by atoms with Crippen LogP contribution in [0.2, 0.25) is 0 Å². The standard InChI is InChI=1S/C22H38N6O2.HI/c1-2-23-21(27-11-9-26(10-12-27)18-20-6-15-30-25-20)24-19-22(7-4-3-5-8-22)28-13-16-29-17-14-28;/h6,15H,2-5,7-14,16-19H2,1H3,(H,23,24);1H. The van der Waals surface area contributed by atoms with Gasteiger partial charge in [0, 0.05) is 64.0 Å². The van der Waals surface area contributed by atoms with Crippen molar-refractivity contribution in [3.63, 3.8) is 0 Å². The van der Waals surface area contributed by atoms with Crippen molar-refractivity contribution >= 4 is 29.9 Å². The van der Waals surface area contributed by atoms with E-state index in [1.54, 1.807) is 6.26 Å². The summed E-state index contributed by atoms with van der Waals surface area (Å²) in [6.45, 7) is 12.7. The third-order valence-electron chi connectivity index (χ3n) is 6.87. The average Bonchev–Trinajstić information content (AvgIpc) is 3.32. The molecule has 2 aliphatic heterocycles. The lowest BCUT2D eigenvalue weighted by molar-refractivity contribution is -0.0334. The molecule has 31 heavy (non-hydrogen) atoms. The van der Waals surface area contributed by atoms with Crippen LogP contribution in [0.25, 0.3) is 0 Å². The highest BCUT2D eigenvalue weighted by molar-refractivity contribution is 14.0. The van der Waals surface area contributed by atoms with E-state index in [1.165, 1.54) is 32.1 Å². The van der Waals surface area contributed by atoms with E-state index in [4.69, 9.17) is 14.3 Å². The van der Waals surface area contributed by atoms with Gasteiger partial charge >= 0.3 is 0 Å². The van der Waals surface area contributed by atoms with Crippen LogP contribution >= 0.6 is 24.0 Å². The zero-order valence-electron chi connectivity index (χ0n) is 18.9. The minimum atomic E-state index is 0. The molecular formula is C22H39IN6O2. The van der Waals surface area contributed by atoms with Crippen molar-refractivity contribution in [2.24, 2.45) is 4.99 Å². The van der Waals surface area contributed by atoms with Gasteiger partial charge in [-0.25, -0.2) is 0 Å². The van der Waals surface area contributed by atoms with Gasteiger partial charge in [-0.15, -0.1) is 24.0 Å². The molecule has 1 aromatic rings. The number of nitrogens with zero attached hydrogens (tertiary/aromatic N) is 5. The number of nitrogens with one attached hydrogen (secondary N) is 1. The van der Waals surface area contributed by atoms with Crippen molar-refractivity contribution in [2.45, 2.75) is 51.1 Å². The monoisotopic (exact) mass is 546 g/mol. The highest BCUT2D eigenvalue weighted by Gasteiger charge is 2.38. The second kappa shape index (κ2) is 12.4. The van der Waals surface area contributed by atoms with Crippen molar-refractivity contribution in [1.29, 1.82) is 0 Å². The van der Waals surface area contributed by atoms with E-state index in [9.17, 15) is 0 Å². The number of guanidine groups is 1. The average molecular weight is 546 g/mol. The lowest BCUT2D eigenvalue weighted by Crippen LogP contribution is -2.57. The summed E-state index contributed by atoms with van der Waals surface area (Å²) < 4.78 is 10.6. The zero-order chi connectivity index (χ0) is 20.7. The highest BCUT2D eigenvalue weighted by Crippen LogP contribution is 2.34. The fraction of sp³-hybridized carbons (Fsp3) is 0.818. The summed E-state index contributed by atoms with van der Waals surface area (Å²) in [7, 11) is 0. The fourth-order valence-electron chi connectivity index (χ4n) is 5.14. The minimum absolute atomic E-state index is 0. The van der Waals surface area contributed by atoms with Crippen molar-refractivity contribution in [2.75, 3.05) is 65.6 Å². The largest absolute Gasteiger partial charge is 0.379 e. The maximum absolute atomic E-state index is 5.63. The Morgan fingerprint density at radius 2 is 1.84 bits per heavy atom. The molecule has 0 unspecified atom stereocenters. The van der Waals surface area contributed by atoms with Crippen LogP contribution < -0.4 is 5.32 Å². The van der Waals surface area contributed by atoms with Crippen LogP contribution in [-0.4, -0.2) is 96.9 Å². The molecule has 1 N–H and O–H groups in total. The number of halogens is 1. The Balaban J connectivity index is 0.00000272. The molecule has 2 saturated heterocycles. The summed E-state index contributed by atoms with van der Waals surface area (Å²) >= 11 is 0. The highest BCUT2D eigenvalue weighted by atomic mass is 127. The van der Waals surface area contributed by atoms with E-state index >= 15 is 0 Å². The normalized spacial score (nSPS) is 23.4. The first kappa shape index (κ1) is 24.7. The van der Waals surface area contributed by atoms with E-state index in [-0.39, 0.29) is 29.5 Å². The number of aromatic nitrogens is 1. The minimum Gasteiger partial charge on any atom is -0.379 e. The number of rotatable bonds is 6. The predicted molar refractivity (Wildman–Crippen MR) is 133 cm³/mol. The summed E-state index contributed by atoms with van der Waals surface area (Å²) in [6, 6.07) is 1.95. The van der Waals surface area contributed by atoms with Crippen LogP contribution in [0.4, 0.5) is 0 Å². The lowest BCUT2D eigenvalue weighted by atomic mass is 9.80. The van der Waals surface area contributed by atoms with Gasteiger partial charge in [0.2, 0.25) is 0 Å². The molecule has 0 radical (unpaired) electrons. The van der Waals surface area contributed by atoms with Gasteiger partial charge in [-0.1, -0.05) is 24.4 Å². The van der Waals surface area contributed by atoms with E-state index < -0.39 is 0 Å². The van der Waals surface area contributed by atoms with Crippen LogP contribution in [-0.2, 0) is 11.3 Å². The Morgan fingerprint density at radius 1 is 1.10 bits per heavy atom. The maximum Gasteiger partial charge on any atom is 0.194 e. The third-order valence-corrected chi connectivity index (χ3v) is 6.87. The quantitative estimate of drug-likeness (QED) is 0.334. The lowest BCUT2D eigenvalue weighted by Gasteiger charge is -2.47. The molecule has 0 atom stereocenters. The van der Waals surface area contributed by atoms with Crippen LogP contribution in [0.5, 0.6) is 0 Å². The molecule has 1 saturated carbocycles. The van der Waals surface area contributed by atoms with E-state index in [0.717, 1.165) is 83.8 Å². The van der Waals surface area contributed by atoms with Gasteiger partial charge in [0.15, 0.2) is 5.96 Å². The number of hydrogen-bond donors (Lipinski definition) is 1. The second-order valence-corrected chi connectivity index (χ2v) is 8.81. The third kappa shape index (κ3) is 6.55. The topological polar surface area (TPSA) is 69.4 Å². The van der Waals surface area contributed by atoms with Gasteiger partial charge in [0.1, 0.15) is 6.26 Å². The predicted octanol–water partition coefficient (Wildman–Crippen LogP) is 2.41. The molecular weight excluding hydrogens is 507 g/mol. The summed E-state index contributed by atoms with van der Waals surface area (Å²) in [5, 5.41) is 7.61. The van der Waals surface area contributed by atoms with E-state index in [1.807, 2.05) is 6.07 Å². The molecule has 4 rings (SSSR count). The van der Waals surface area contributed by atoms with Gasteiger partial charge in [-0.05, 0) is 19.8 Å². The van der Waals surface area contributed by atoms with Crippen molar-refractivity contribution in [3.05, 3.63) is 18.0 Å². The first-order valence-electron chi connectivity index (χ1n) is 11.8. The van der Waals surface area contributed by atoms with E-state index in [2.05, 4.69) is 32.1 Å². The molecule has 9 heteroatoms. The Kier molecular flexibility index (Phi) is 9.86. The first-order valence-corrected chi connectivity index (χ1v) is 11.8. The molecule has 0 amide bonds. The molecule has 1 aromatic heterocycles. The van der Waals surface area contributed by atoms with Gasteiger partial charge in [0.05, 0.1) is 25.5 Å². The van der Waals surface area contributed by atoms with Gasteiger partial charge in [0.25, 0.3) is 0 Å². The summed E-state index contributed by atoms with van der Waals surface area (Å²) in [4.78, 5) is 12.8. The van der Waals surface area contributed by atoms with Crippen molar-refractivity contribution in [1.82, 2.24) is 25.2 Å². The van der Waals surface area contributed by atoms with E-state index in [0.29, 0.717) is 0 Å². The van der Waals surface area contributed by atoms with Gasteiger partial charge in [-0.2, -0.15) is 0 Å². The van der Waals surface area contributed by atoms with Crippen molar-refractivity contribution in [3.8, 4) is 0 Å². The number of morpholine rings is 1. The Labute approximate surface area is 203 Å². The number of aliphatic imine (C=N–C) groups is 1. The maximum atomic E-state index is 5.63. The fourth-order valence-corrected chi connectivity index (χ4v) is 5.14. The number of piperazine rings is 1. The Morgan fingerprint density at radius 3 is 2.48 bits per heavy atom. The van der Waals surface area contributed by atoms with Crippen LogP contribution in [0, 0.1) is 0 Å². The molecule has 176 valence electrons. The molecule has 1 aliphatic carbocycles. The summed E-state index contributed by atoms with van der Waals surface area (Å²) in [5.41, 5.74) is 1.23. The summed E-state index contributed by atoms with van der Waals surface area (Å²) in [5.74, 6) is 1.08. The summed E-state index contributed by atoms with van der Waals surface area (Å²) in [6.07, 6.45) is 8.19. The van der Waals surface area contributed by atoms with Crippen LogP contribution in [0.1, 0.15) is 44.7 Å². The molecule has 3 fully saturated rings.